The zero-order valence-corrected chi connectivity index (χ0v) is 10.3. The smallest absolute Gasteiger partial charge is 0.240 e. The van der Waals surface area contributed by atoms with Crippen LogP contribution in [-0.4, -0.2) is 10.2 Å². The molecule has 1 rings (SSSR count). The number of rotatable bonds is 2. The van der Waals surface area contributed by atoms with Gasteiger partial charge in [0, 0.05) is 10.7 Å². The molecule has 0 aliphatic heterocycles. The standard InChI is InChI=1S/C10H11BrClNO/c1-10(2,11)9(14)13-8-5-3-7(12)4-6-8/h3-6H,1-2H3,(H,13,14). The second-order valence-corrected chi connectivity index (χ2v) is 5.85. The van der Waals surface area contributed by atoms with E-state index in [2.05, 4.69) is 21.2 Å². The lowest BCUT2D eigenvalue weighted by Gasteiger charge is -2.15. The Hall–Kier alpha value is -0.540. The molecular weight excluding hydrogens is 265 g/mol. The normalized spacial score (nSPS) is 11.1. The highest BCUT2D eigenvalue weighted by molar-refractivity contribution is 9.10. The molecule has 0 heterocycles. The van der Waals surface area contributed by atoms with Gasteiger partial charge in [0.05, 0.1) is 4.32 Å². The van der Waals surface area contributed by atoms with Crippen molar-refractivity contribution in [1.29, 1.82) is 0 Å². The van der Waals surface area contributed by atoms with E-state index in [0.29, 0.717) is 5.02 Å². The zero-order valence-electron chi connectivity index (χ0n) is 7.97. The van der Waals surface area contributed by atoms with Gasteiger partial charge in [-0.3, -0.25) is 4.79 Å². The fourth-order valence-corrected chi connectivity index (χ4v) is 1.04. The molecule has 0 radical (unpaired) electrons. The maximum Gasteiger partial charge on any atom is 0.240 e. The van der Waals surface area contributed by atoms with Crippen molar-refractivity contribution in [2.45, 2.75) is 18.2 Å². The van der Waals surface area contributed by atoms with Crippen LogP contribution >= 0.6 is 27.5 Å². The first-order valence-corrected chi connectivity index (χ1v) is 5.32. The van der Waals surface area contributed by atoms with Crippen LogP contribution in [0.2, 0.25) is 5.02 Å². The van der Waals surface area contributed by atoms with Gasteiger partial charge in [-0.15, -0.1) is 0 Å². The van der Waals surface area contributed by atoms with Gasteiger partial charge in [-0.1, -0.05) is 27.5 Å². The topological polar surface area (TPSA) is 29.1 Å². The summed E-state index contributed by atoms with van der Waals surface area (Å²) in [6.45, 7) is 3.58. The number of hydrogen-bond donors (Lipinski definition) is 1. The van der Waals surface area contributed by atoms with Gasteiger partial charge in [0.25, 0.3) is 0 Å². The Kier molecular flexibility index (Phi) is 3.56. The van der Waals surface area contributed by atoms with E-state index in [0.717, 1.165) is 5.69 Å². The summed E-state index contributed by atoms with van der Waals surface area (Å²) in [4.78, 5) is 11.5. The molecule has 0 saturated carbocycles. The minimum absolute atomic E-state index is 0.0835. The molecule has 0 atom stereocenters. The third-order valence-electron chi connectivity index (χ3n) is 1.64. The molecule has 1 aromatic rings. The molecule has 1 N–H and O–H groups in total. The predicted octanol–water partition coefficient (Wildman–Crippen LogP) is 3.45. The van der Waals surface area contributed by atoms with Gasteiger partial charge in [-0.2, -0.15) is 0 Å². The molecule has 0 saturated heterocycles. The van der Waals surface area contributed by atoms with Gasteiger partial charge >= 0.3 is 0 Å². The molecule has 0 aromatic heterocycles. The Morgan fingerprint density at radius 1 is 1.36 bits per heavy atom. The summed E-state index contributed by atoms with van der Waals surface area (Å²) in [5.41, 5.74) is 0.743. The SMILES string of the molecule is CC(C)(Br)C(=O)Nc1ccc(Cl)cc1. The van der Waals surface area contributed by atoms with E-state index in [-0.39, 0.29) is 5.91 Å². The minimum atomic E-state index is -0.563. The largest absolute Gasteiger partial charge is 0.325 e. The Morgan fingerprint density at radius 2 is 1.86 bits per heavy atom. The fraction of sp³-hybridized carbons (Fsp3) is 0.300. The second-order valence-electron chi connectivity index (χ2n) is 3.43. The van der Waals surface area contributed by atoms with Crippen molar-refractivity contribution in [3.05, 3.63) is 29.3 Å². The number of alkyl halides is 1. The maximum atomic E-state index is 11.5. The van der Waals surface area contributed by atoms with Crippen molar-refractivity contribution in [2.75, 3.05) is 5.32 Å². The quantitative estimate of drug-likeness (QED) is 0.824. The van der Waals surface area contributed by atoms with E-state index in [4.69, 9.17) is 11.6 Å². The van der Waals surface area contributed by atoms with Gasteiger partial charge in [-0.25, -0.2) is 0 Å². The number of amides is 1. The molecule has 0 aliphatic carbocycles. The van der Waals surface area contributed by atoms with Crippen molar-refractivity contribution in [2.24, 2.45) is 0 Å². The molecule has 0 unspecified atom stereocenters. The Labute approximate surface area is 96.8 Å². The Morgan fingerprint density at radius 3 is 2.29 bits per heavy atom. The van der Waals surface area contributed by atoms with Crippen LogP contribution in [0.25, 0.3) is 0 Å². The van der Waals surface area contributed by atoms with Gasteiger partial charge in [0.15, 0.2) is 0 Å². The van der Waals surface area contributed by atoms with Gasteiger partial charge < -0.3 is 5.32 Å². The van der Waals surface area contributed by atoms with E-state index in [1.807, 2.05) is 0 Å². The molecule has 1 amide bonds. The Balaban J connectivity index is 2.71. The first-order valence-electron chi connectivity index (χ1n) is 4.15. The number of carbonyl (C=O) groups is 1. The van der Waals surface area contributed by atoms with Crippen LogP contribution in [-0.2, 0) is 4.79 Å². The third-order valence-corrected chi connectivity index (χ3v) is 2.25. The van der Waals surface area contributed by atoms with Crippen molar-refractivity contribution >= 4 is 39.1 Å². The molecule has 0 bridgehead atoms. The number of anilines is 1. The van der Waals surface area contributed by atoms with E-state index >= 15 is 0 Å². The van der Waals surface area contributed by atoms with Crippen LogP contribution in [0, 0.1) is 0 Å². The highest BCUT2D eigenvalue weighted by Crippen LogP contribution is 2.19. The fourth-order valence-electron chi connectivity index (χ4n) is 0.813. The number of carbonyl (C=O) groups excluding carboxylic acids is 1. The molecule has 1 aromatic carbocycles. The van der Waals surface area contributed by atoms with Gasteiger partial charge in [0.1, 0.15) is 0 Å². The summed E-state index contributed by atoms with van der Waals surface area (Å²) in [7, 11) is 0. The summed E-state index contributed by atoms with van der Waals surface area (Å²) in [6.07, 6.45) is 0. The van der Waals surface area contributed by atoms with Gasteiger partial charge in [0.2, 0.25) is 5.91 Å². The van der Waals surface area contributed by atoms with Crippen molar-refractivity contribution < 1.29 is 4.79 Å². The summed E-state index contributed by atoms with van der Waals surface area (Å²) in [6, 6.07) is 6.99. The second kappa shape index (κ2) is 4.32. The summed E-state index contributed by atoms with van der Waals surface area (Å²) >= 11 is 8.99. The lowest BCUT2D eigenvalue weighted by Crippen LogP contribution is -2.30. The molecule has 0 aliphatic rings. The van der Waals surface area contributed by atoms with Crippen LogP contribution < -0.4 is 5.32 Å². The van der Waals surface area contributed by atoms with Crippen LogP contribution in [0.5, 0.6) is 0 Å². The average molecular weight is 277 g/mol. The first-order chi connectivity index (χ1) is 6.39. The molecule has 2 nitrogen and oxygen atoms in total. The molecule has 0 fully saturated rings. The lowest BCUT2D eigenvalue weighted by atomic mass is 10.2. The van der Waals surface area contributed by atoms with Crippen LogP contribution in [0.15, 0.2) is 24.3 Å². The van der Waals surface area contributed by atoms with Gasteiger partial charge in [-0.05, 0) is 38.1 Å². The third kappa shape index (κ3) is 3.31. The van der Waals surface area contributed by atoms with Crippen molar-refractivity contribution in [1.82, 2.24) is 0 Å². The molecule has 4 heteroatoms. The van der Waals surface area contributed by atoms with E-state index in [9.17, 15) is 4.79 Å². The molecular formula is C10H11BrClNO. The number of hydrogen-bond acceptors (Lipinski definition) is 1. The Bertz CT molecular complexity index is 329. The average Bonchev–Trinajstić information content (AvgIpc) is 2.07. The summed E-state index contributed by atoms with van der Waals surface area (Å²) in [5.74, 6) is -0.0835. The highest BCUT2D eigenvalue weighted by atomic mass is 79.9. The minimum Gasteiger partial charge on any atom is -0.325 e. The van der Waals surface area contributed by atoms with Crippen LogP contribution in [0.3, 0.4) is 0 Å². The van der Waals surface area contributed by atoms with Crippen molar-refractivity contribution in [3.63, 3.8) is 0 Å². The number of nitrogens with one attached hydrogen (secondary N) is 1. The van der Waals surface area contributed by atoms with E-state index in [1.165, 1.54) is 0 Å². The number of halogens is 2. The van der Waals surface area contributed by atoms with E-state index < -0.39 is 4.32 Å². The predicted molar refractivity (Wildman–Crippen MR) is 63.1 cm³/mol. The maximum absolute atomic E-state index is 11.5. The van der Waals surface area contributed by atoms with Crippen molar-refractivity contribution in [3.8, 4) is 0 Å². The zero-order chi connectivity index (χ0) is 10.8. The molecule has 14 heavy (non-hydrogen) atoms. The molecule has 0 spiro atoms. The highest BCUT2D eigenvalue weighted by Gasteiger charge is 2.23. The monoisotopic (exact) mass is 275 g/mol. The van der Waals surface area contributed by atoms with E-state index in [1.54, 1.807) is 38.1 Å². The van der Waals surface area contributed by atoms with Crippen LogP contribution in [0.1, 0.15) is 13.8 Å². The number of benzene rings is 1. The molecule has 76 valence electrons. The summed E-state index contributed by atoms with van der Waals surface area (Å²) < 4.78 is -0.563. The lowest BCUT2D eigenvalue weighted by molar-refractivity contribution is -0.117. The summed E-state index contributed by atoms with van der Waals surface area (Å²) in [5, 5.41) is 3.42. The van der Waals surface area contributed by atoms with Crippen LogP contribution in [0.4, 0.5) is 5.69 Å². The first kappa shape index (κ1) is 11.5.